The highest BCUT2D eigenvalue weighted by molar-refractivity contribution is 5.68. The van der Waals surface area contributed by atoms with Crippen LogP contribution in [-0.2, 0) is 9.53 Å². The van der Waals surface area contributed by atoms with Gasteiger partial charge in [0, 0.05) is 19.4 Å². The van der Waals surface area contributed by atoms with Crippen molar-refractivity contribution in [2.45, 2.75) is 131 Å². The fraction of sp³-hybridized carbons (Fsp3) is 0.879. The van der Waals surface area contributed by atoms with E-state index in [9.17, 15) is 9.59 Å². The maximum Gasteiger partial charge on any atom is 0.407 e. The number of carbonyl (C=O) groups is 2. The van der Waals surface area contributed by atoms with Gasteiger partial charge in [-0.2, -0.15) is 0 Å². The molecule has 5 nitrogen and oxygen atoms in total. The van der Waals surface area contributed by atoms with Crippen LogP contribution < -0.4 is 5.32 Å². The Morgan fingerprint density at radius 1 is 1.00 bits per heavy atom. The number of hydrogen-bond donors (Lipinski definition) is 2. The predicted molar refractivity (Wildman–Crippen MR) is 153 cm³/mol. The number of fused-ring (bicyclic) bond motifs is 5. The van der Waals surface area contributed by atoms with Crippen molar-refractivity contribution in [2.75, 3.05) is 6.54 Å². The van der Waals surface area contributed by atoms with Gasteiger partial charge in [0.05, 0.1) is 0 Å². The molecule has 1 unspecified atom stereocenters. The topological polar surface area (TPSA) is 75.6 Å². The summed E-state index contributed by atoms with van der Waals surface area (Å²) in [5.41, 5.74) is 2.58. The monoisotopic (exact) mass is 529 g/mol. The average Bonchev–Trinajstić information content (AvgIpc) is 3.20. The van der Waals surface area contributed by atoms with Gasteiger partial charge in [0.1, 0.15) is 6.10 Å². The van der Waals surface area contributed by atoms with Gasteiger partial charge >= 0.3 is 12.1 Å². The van der Waals surface area contributed by atoms with E-state index in [1.807, 2.05) is 0 Å². The number of amides is 1. The molecule has 0 aromatic rings. The number of carboxylic acids is 1. The zero-order chi connectivity index (χ0) is 27.7. The van der Waals surface area contributed by atoms with Crippen LogP contribution in [0.15, 0.2) is 11.6 Å². The molecule has 0 aliphatic heterocycles. The summed E-state index contributed by atoms with van der Waals surface area (Å²) in [5, 5.41) is 11.5. The summed E-state index contributed by atoms with van der Waals surface area (Å²) in [6, 6.07) is 0. The zero-order valence-corrected chi connectivity index (χ0v) is 25.1. The van der Waals surface area contributed by atoms with E-state index in [0.717, 1.165) is 42.9 Å². The van der Waals surface area contributed by atoms with Crippen LogP contribution in [0.4, 0.5) is 4.79 Å². The van der Waals surface area contributed by atoms with Crippen molar-refractivity contribution in [3.05, 3.63) is 11.6 Å². The standard InChI is InChI=1S/C33H55NO4/c1-22(2)9-7-10-23(3)26-12-13-27-32(26,5)19-16-28-31(4)18-15-25(21-24(31)14-17-33(27,28)6)38-30(37)34-20-8-11-29(35)36/h14,22-23,25-28H,7-13,15-21H2,1-6H3,(H,34,37)(H,35,36)/t23-,25+,26?,27-,28-,31+,32-,33+/m1/s1. The highest BCUT2D eigenvalue weighted by Crippen LogP contribution is 2.72. The predicted octanol–water partition coefficient (Wildman–Crippen LogP) is 8.38. The second-order valence-electron chi connectivity index (χ2n) is 14.7. The van der Waals surface area contributed by atoms with Gasteiger partial charge in [-0.1, -0.05) is 72.5 Å². The lowest BCUT2D eigenvalue weighted by Crippen LogP contribution is -2.56. The number of hydrogen-bond acceptors (Lipinski definition) is 3. The normalized spacial score (nSPS) is 39.0. The maximum absolute atomic E-state index is 12.3. The molecule has 0 aromatic heterocycles. The average molecular weight is 530 g/mol. The van der Waals surface area contributed by atoms with Crippen molar-refractivity contribution >= 4 is 12.1 Å². The molecule has 3 fully saturated rings. The van der Waals surface area contributed by atoms with E-state index in [-0.39, 0.29) is 17.9 Å². The van der Waals surface area contributed by atoms with Crippen LogP contribution in [-0.4, -0.2) is 29.8 Å². The Morgan fingerprint density at radius 3 is 2.47 bits per heavy atom. The second-order valence-corrected chi connectivity index (χ2v) is 14.7. The van der Waals surface area contributed by atoms with Crippen LogP contribution in [0.2, 0.25) is 0 Å². The summed E-state index contributed by atoms with van der Waals surface area (Å²) in [7, 11) is 0. The Labute approximate surface area is 231 Å². The minimum Gasteiger partial charge on any atom is -0.481 e. The van der Waals surface area contributed by atoms with Crippen molar-refractivity contribution in [2.24, 2.45) is 45.8 Å². The molecule has 216 valence electrons. The number of alkyl carbamates (subject to hydrolysis) is 1. The number of carbonyl (C=O) groups excluding carboxylic acids is 1. The lowest BCUT2D eigenvalue weighted by atomic mass is 9.41. The van der Waals surface area contributed by atoms with E-state index in [0.29, 0.717) is 29.7 Å². The molecule has 1 amide bonds. The molecule has 0 saturated heterocycles. The molecule has 2 N–H and O–H groups in total. The molecule has 3 saturated carbocycles. The van der Waals surface area contributed by atoms with Crippen LogP contribution in [0.25, 0.3) is 0 Å². The molecular formula is C33H55NO4. The van der Waals surface area contributed by atoms with E-state index in [1.54, 1.807) is 0 Å². The molecule has 8 atom stereocenters. The van der Waals surface area contributed by atoms with Gasteiger partial charge in [-0.05, 0) is 97.2 Å². The van der Waals surface area contributed by atoms with E-state index in [2.05, 4.69) is 52.9 Å². The third kappa shape index (κ3) is 5.68. The minimum atomic E-state index is -0.838. The van der Waals surface area contributed by atoms with Crippen LogP contribution >= 0.6 is 0 Å². The molecule has 4 aliphatic carbocycles. The van der Waals surface area contributed by atoms with E-state index < -0.39 is 12.1 Å². The smallest absolute Gasteiger partial charge is 0.407 e. The number of rotatable bonds is 10. The minimum absolute atomic E-state index is 0.0624. The van der Waals surface area contributed by atoms with E-state index in [1.165, 1.54) is 56.9 Å². The quantitative estimate of drug-likeness (QED) is 0.220. The van der Waals surface area contributed by atoms with Crippen molar-refractivity contribution < 1.29 is 19.4 Å². The third-order valence-electron chi connectivity index (χ3n) is 11.9. The summed E-state index contributed by atoms with van der Waals surface area (Å²) < 4.78 is 5.79. The maximum atomic E-state index is 12.3. The Kier molecular flexibility index (Phi) is 8.94. The van der Waals surface area contributed by atoms with Gasteiger partial charge in [-0.25, -0.2) is 4.79 Å². The van der Waals surface area contributed by atoms with E-state index in [4.69, 9.17) is 9.84 Å². The fourth-order valence-electron chi connectivity index (χ4n) is 10.0. The lowest BCUT2D eigenvalue weighted by molar-refractivity contribution is -0.137. The highest BCUT2D eigenvalue weighted by atomic mass is 16.6. The van der Waals surface area contributed by atoms with Crippen LogP contribution in [0.3, 0.4) is 0 Å². The molecular weight excluding hydrogens is 474 g/mol. The number of allylic oxidation sites excluding steroid dienone is 1. The van der Waals surface area contributed by atoms with Crippen molar-refractivity contribution in [1.29, 1.82) is 0 Å². The summed E-state index contributed by atoms with van der Waals surface area (Å²) >= 11 is 0. The number of nitrogens with one attached hydrogen (secondary N) is 1. The van der Waals surface area contributed by atoms with Gasteiger partial charge < -0.3 is 15.2 Å². The van der Waals surface area contributed by atoms with Gasteiger partial charge in [-0.15, -0.1) is 0 Å². The summed E-state index contributed by atoms with van der Waals surface area (Å²) in [6.07, 6.45) is 16.3. The summed E-state index contributed by atoms with van der Waals surface area (Å²) in [5.74, 6) is 3.20. The number of aliphatic carboxylic acids is 1. The van der Waals surface area contributed by atoms with Gasteiger partial charge in [0.15, 0.2) is 0 Å². The molecule has 38 heavy (non-hydrogen) atoms. The Hall–Kier alpha value is -1.52. The van der Waals surface area contributed by atoms with Crippen molar-refractivity contribution in [3.8, 4) is 0 Å². The molecule has 0 spiro atoms. The summed E-state index contributed by atoms with van der Waals surface area (Å²) in [4.78, 5) is 23.0. The molecule has 4 aliphatic rings. The Bertz CT molecular complexity index is 897. The molecule has 5 heteroatoms. The second kappa shape index (κ2) is 11.5. The Morgan fingerprint density at radius 2 is 1.76 bits per heavy atom. The van der Waals surface area contributed by atoms with Crippen molar-refractivity contribution in [1.82, 2.24) is 5.32 Å². The summed E-state index contributed by atoms with van der Waals surface area (Å²) in [6.45, 7) is 15.4. The lowest BCUT2D eigenvalue weighted by Gasteiger charge is -2.63. The molecule has 0 bridgehead atoms. The van der Waals surface area contributed by atoms with Crippen molar-refractivity contribution in [3.63, 3.8) is 0 Å². The highest BCUT2D eigenvalue weighted by Gasteiger charge is 2.64. The zero-order valence-electron chi connectivity index (χ0n) is 25.1. The SMILES string of the molecule is CC(C)CCC[C@@H](C)C1CC[C@H]2[C@]3(C)CC=C4C[C@@H](OC(=O)NCCCC(=O)O)CC[C@]4(C)[C@H]3CC[C@]12C. The number of carboxylic acid groups (broad SMARTS) is 1. The van der Waals surface area contributed by atoms with Gasteiger partial charge in [-0.3, -0.25) is 4.79 Å². The molecule has 0 radical (unpaired) electrons. The van der Waals surface area contributed by atoms with Gasteiger partial charge in [0.25, 0.3) is 0 Å². The fourth-order valence-corrected chi connectivity index (χ4v) is 10.0. The van der Waals surface area contributed by atoms with Gasteiger partial charge in [0.2, 0.25) is 0 Å². The van der Waals surface area contributed by atoms with Crippen LogP contribution in [0, 0.1) is 45.8 Å². The molecule has 4 rings (SSSR count). The first kappa shape index (κ1) is 29.5. The first-order chi connectivity index (χ1) is 17.9. The largest absolute Gasteiger partial charge is 0.481 e. The first-order valence-corrected chi connectivity index (χ1v) is 15.8. The number of ether oxygens (including phenoxy) is 1. The van der Waals surface area contributed by atoms with E-state index >= 15 is 0 Å². The van der Waals surface area contributed by atoms with Crippen LogP contribution in [0.1, 0.15) is 125 Å². The van der Waals surface area contributed by atoms with Crippen LogP contribution in [0.5, 0.6) is 0 Å². The molecule has 0 aromatic carbocycles. The first-order valence-electron chi connectivity index (χ1n) is 15.8. The third-order valence-corrected chi connectivity index (χ3v) is 11.9. The molecule has 0 heterocycles. The Balaban J connectivity index is 1.40.